The van der Waals surface area contributed by atoms with Crippen LogP contribution in [0, 0.1) is 5.95 Å². The van der Waals surface area contributed by atoms with E-state index in [4.69, 9.17) is 11.6 Å². The van der Waals surface area contributed by atoms with E-state index in [2.05, 4.69) is 20.4 Å². The predicted octanol–water partition coefficient (Wildman–Crippen LogP) is 3.69. The van der Waals surface area contributed by atoms with Gasteiger partial charge in [-0.2, -0.15) is 4.39 Å². The third kappa shape index (κ3) is 2.89. The number of pyridine rings is 1. The van der Waals surface area contributed by atoms with Crippen LogP contribution in [0.3, 0.4) is 0 Å². The molecule has 3 aromatic rings. The second kappa shape index (κ2) is 6.46. The summed E-state index contributed by atoms with van der Waals surface area (Å²) in [5, 5.41) is 17.3. The van der Waals surface area contributed by atoms with Gasteiger partial charge in [-0.15, -0.1) is 5.10 Å². The van der Waals surface area contributed by atoms with E-state index in [-0.39, 0.29) is 16.3 Å². The predicted molar refractivity (Wildman–Crippen MR) is 109 cm³/mol. The Hall–Kier alpha value is -2.58. The molecular formula is C21H21ClFN5O2. The summed E-state index contributed by atoms with van der Waals surface area (Å²) in [6.45, 7) is 3.19. The van der Waals surface area contributed by atoms with Crippen molar-refractivity contribution in [2.45, 2.75) is 56.5 Å². The molecule has 0 unspecified atom stereocenters. The van der Waals surface area contributed by atoms with Gasteiger partial charge < -0.3 is 10.4 Å². The summed E-state index contributed by atoms with van der Waals surface area (Å²) in [5.41, 5.74) is 1.58. The van der Waals surface area contributed by atoms with Crippen LogP contribution in [0.1, 0.15) is 62.4 Å². The van der Waals surface area contributed by atoms with E-state index < -0.39 is 17.5 Å². The second-order valence-electron chi connectivity index (χ2n) is 8.79. The van der Waals surface area contributed by atoms with Crippen LogP contribution >= 0.6 is 11.6 Å². The SMILES string of the molecule is CC(C)(O)c1ncc(NC(=O)[C@@H]2CC3(CCC3)c3c2cnc2cc(F)nn32)cc1Cl. The Kier molecular flexibility index (Phi) is 4.17. The highest BCUT2D eigenvalue weighted by Gasteiger charge is 2.52. The van der Waals surface area contributed by atoms with Crippen LogP contribution in [0.15, 0.2) is 24.5 Å². The number of aromatic nitrogens is 4. The van der Waals surface area contributed by atoms with Gasteiger partial charge in [-0.3, -0.25) is 9.78 Å². The van der Waals surface area contributed by atoms with Crippen LogP contribution in [0.4, 0.5) is 10.1 Å². The first-order valence-electron chi connectivity index (χ1n) is 9.92. The minimum absolute atomic E-state index is 0.169. The molecule has 0 aromatic carbocycles. The summed E-state index contributed by atoms with van der Waals surface area (Å²) >= 11 is 6.25. The van der Waals surface area contributed by atoms with E-state index in [0.29, 0.717) is 23.4 Å². The quantitative estimate of drug-likeness (QED) is 0.662. The summed E-state index contributed by atoms with van der Waals surface area (Å²) < 4.78 is 15.3. The van der Waals surface area contributed by atoms with Gasteiger partial charge >= 0.3 is 0 Å². The molecule has 2 N–H and O–H groups in total. The molecule has 30 heavy (non-hydrogen) atoms. The average Bonchev–Trinajstić information content (AvgIpc) is 3.17. The van der Waals surface area contributed by atoms with Gasteiger partial charge in [0, 0.05) is 23.2 Å². The third-order valence-corrected chi connectivity index (χ3v) is 6.56. The first-order valence-corrected chi connectivity index (χ1v) is 10.3. The Morgan fingerprint density at radius 1 is 1.33 bits per heavy atom. The molecule has 1 atom stereocenters. The molecule has 3 heterocycles. The van der Waals surface area contributed by atoms with Crippen molar-refractivity contribution in [2.75, 3.05) is 5.32 Å². The van der Waals surface area contributed by atoms with Crippen molar-refractivity contribution in [3.8, 4) is 0 Å². The van der Waals surface area contributed by atoms with E-state index in [1.54, 1.807) is 30.6 Å². The van der Waals surface area contributed by atoms with Crippen molar-refractivity contribution in [3.05, 3.63) is 52.4 Å². The monoisotopic (exact) mass is 429 g/mol. The number of carbonyl (C=O) groups is 1. The smallest absolute Gasteiger partial charge is 0.235 e. The number of halogens is 2. The number of nitrogens with zero attached hydrogens (tertiary/aromatic N) is 4. The highest BCUT2D eigenvalue weighted by Crippen LogP contribution is 2.56. The van der Waals surface area contributed by atoms with E-state index in [1.807, 2.05) is 0 Å². The normalized spacial score (nSPS) is 19.7. The zero-order valence-corrected chi connectivity index (χ0v) is 17.4. The second-order valence-corrected chi connectivity index (χ2v) is 9.20. The summed E-state index contributed by atoms with van der Waals surface area (Å²) in [5.74, 6) is -1.19. The van der Waals surface area contributed by atoms with Crippen LogP contribution < -0.4 is 5.32 Å². The van der Waals surface area contributed by atoms with Crippen molar-refractivity contribution in [3.63, 3.8) is 0 Å². The lowest BCUT2D eigenvalue weighted by molar-refractivity contribution is -0.117. The summed E-state index contributed by atoms with van der Waals surface area (Å²) in [7, 11) is 0. The van der Waals surface area contributed by atoms with Gasteiger partial charge in [0.15, 0.2) is 5.65 Å². The van der Waals surface area contributed by atoms with Crippen molar-refractivity contribution < 1.29 is 14.3 Å². The van der Waals surface area contributed by atoms with Crippen LogP contribution in [0.25, 0.3) is 5.65 Å². The number of hydrogen-bond acceptors (Lipinski definition) is 5. The van der Waals surface area contributed by atoms with Crippen LogP contribution in [-0.4, -0.2) is 30.6 Å². The molecule has 0 saturated heterocycles. The maximum absolute atomic E-state index is 13.8. The number of anilines is 1. The Morgan fingerprint density at radius 3 is 2.73 bits per heavy atom. The van der Waals surface area contributed by atoms with Crippen LogP contribution in [0.5, 0.6) is 0 Å². The fourth-order valence-corrected chi connectivity index (χ4v) is 5.16. The maximum Gasteiger partial charge on any atom is 0.235 e. The Morgan fingerprint density at radius 2 is 2.10 bits per heavy atom. The van der Waals surface area contributed by atoms with Crippen molar-refractivity contribution in [2.24, 2.45) is 0 Å². The first-order chi connectivity index (χ1) is 14.2. The largest absolute Gasteiger partial charge is 0.384 e. The van der Waals surface area contributed by atoms with Crippen LogP contribution in [-0.2, 0) is 15.8 Å². The van der Waals surface area contributed by atoms with Crippen molar-refractivity contribution in [1.82, 2.24) is 19.6 Å². The van der Waals surface area contributed by atoms with E-state index in [1.165, 1.54) is 12.3 Å². The lowest BCUT2D eigenvalue weighted by Crippen LogP contribution is -2.34. The minimum Gasteiger partial charge on any atom is -0.384 e. The molecule has 1 saturated carbocycles. The van der Waals surface area contributed by atoms with E-state index >= 15 is 0 Å². The number of rotatable bonds is 3. The lowest BCUT2D eigenvalue weighted by atomic mass is 9.66. The highest BCUT2D eigenvalue weighted by atomic mass is 35.5. The van der Waals surface area contributed by atoms with Crippen LogP contribution in [0.2, 0.25) is 5.02 Å². The molecule has 3 aromatic heterocycles. The molecule has 1 fully saturated rings. The molecular weight excluding hydrogens is 409 g/mol. The number of aliphatic hydroxyl groups is 1. The number of hydrogen-bond donors (Lipinski definition) is 2. The Labute approximate surface area is 177 Å². The average molecular weight is 430 g/mol. The summed E-state index contributed by atoms with van der Waals surface area (Å²) in [6, 6.07) is 2.89. The Balaban J connectivity index is 1.48. The highest BCUT2D eigenvalue weighted by molar-refractivity contribution is 6.31. The van der Waals surface area contributed by atoms with Gasteiger partial charge in [0.1, 0.15) is 5.60 Å². The minimum atomic E-state index is -1.18. The molecule has 0 aliphatic heterocycles. The molecule has 2 aliphatic rings. The van der Waals surface area contributed by atoms with Crippen molar-refractivity contribution >= 4 is 28.8 Å². The standard InChI is InChI=1S/C21H21ClFN5O2/c1-20(2,30)17-14(22)6-11(9-25-17)26-19(29)12-8-21(4-3-5-21)18-13(12)10-24-16-7-15(23)27-28(16)18/h6-7,9-10,12,30H,3-5,8H2,1-2H3,(H,26,29)/t12-/m1/s1. The van der Waals surface area contributed by atoms with Gasteiger partial charge in [0.25, 0.3) is 0 Å². The van der Waals surface area contributed by atoms with Gasteiger partial charge in [-0.25, -0.2) is 9.50 Å². The molecule has 2 aliphatic carbocycles. The van der Waals surface area contributed by atoms with E-state index in [0.717, 1.165) is 30.5 Å². The van der Waals surface area contributed by atoms with Gasteiger partial charge in [-0.05, 0) is 39.2 Å². The van der Waals surface area contributed by atoms with Crippen molar-refractivity contribution in [1.29, 1.82) is 0 Å². The molecule has 0 radical (unpaired) electrons. The zero-order valence-electron chi connectivity index (χ0n) is 16.6. The number of fused-ring (bicyclic) bond motifs is 4. The van der Waals surface area contributed by atoms with Gasteiger partial charge in [-0.1, -0.05) is 18.0 Å². The summed E-state index contributed by atoms with van der Waals surface area (Å²) in [6.07, 6.45) is 6.75. The van der Waals surface area contributed by atoms with Gasteiger partial charge in [0.05, 0.1) is 34.2 Å². The Bertz CT molecular complexity index is 1180. The molecule has 7 nitrogen and oxygen atoms in total. The number of amides is 1. The zero-order chi connectivity index (χ0) is 21.3. The number of carbonyl (C=O) groups excluding carboxylic acids is 1. The topological polar surface area (TPSA) is 92.4 Å². The molecule has 5 rings (SSSR count). The molecule has 1 amide bonds. The molecule has 9 heteroatoms. The lowest BCUT2D eigenvalue weighted by Gasteiger charge is -2.39. The van der Waals surface area contributed by atoms with Gasteiger partial charge in [0.2, 0.25) is 11.9 Å². The molecule has 0 bridgehead atoms. The fourth-order valence-electron chi connectivity index (χ4n) is 4.77. The van der Waals surface area contributed by atoms with E-state index in [9.17, 15) is 14.3 Å². The fraction of sp³-hybridized carbons (Fsp3) is 0.429. The number of nitrogens with one attached hydrogen (secondary N) is 1. The maximum atomic E-state index is 13.8. The first kappa shape index (κ1) is 19.4. The summed E-state index contributed by atoms with van der Waals surface area (Å²) in [4.78, 5) is 21.7. The third-order valence-electron chi connectivity index (χ3n) is 6.27. The molecule has 1 spiro atoms. The molecule has 156 valence electrons.